The van der Waals surface area contributed by atoms with Crippen molar-refractivity contribution < 1.29 is 0 Å². The molecule has 2 saturated heterocycles. The molecule has 0 bridgehead atoms. The molecule has 63 valence electrons. The lowest BCUT2D eigenvalue weighted by Gasteiger charge is -2.31. The summed E-state index contributed by atoms with van der Waals surface area (Å²) >= 11 is 0. The predicted molar refractivity (Wildman–Crippen MR) is 46.4 cm³/mol. The number of piperidine rings is 1. The third kappa shape index (κ3) is 1.74. The summed E-state index contributed by atoms with van der Waals surface area (Å²) in [5, 5.41) is 3.42. The number of rotatable bonds is 1. The molecule has 0 aromatic carbocycles. The van der Waals surface area contributed by atoms with Crippen molar-refractivity contribution in [3.63, 3.8) is 0 Å². The first-order chi connectivity index (χ1) is 5.47. The molecule has 0 amide bonds. The van der Waals surface area contributed by atoms with Crippen molar-refractivity contribution in [3.05, 3.63) is 6.42 Å². The Labute approximate surface area is 69.0 Å². The highest BCUT2D eigenvalue weighted by atomic mass is 15.2. The number of nitrogens with zero attached hydrogens (tertiary/aromatic N) is 1. The smallest absolute Gasteiger partial charge is 0.0232 e. The first-order valence-corrected chi connectivity index (χ1v) is 4.73. The lowest BCUT2D eigenvalue weighted by Crippen LogP contribution is -2.40. The van der Waals surface area contributed by atoms with Crippen LogP contribution in [0.15, 0.2) is 0 Å². The quantitative estimate of drug-likeness (QED) is 0.595. The largest absolute Gasteiger partial charge is 0.315 e. The van der Waals surface area contributed by atoms with Crippen LogP contribution in [0.3, 0.4) is 0 Å². The van der Waals surface area contributed by atoms with E-state index in [9.17, 15) is 0 Å². The van der Waals surface area contributed by atoms with Gasteiger partial charge in [-0.05, 0) is 45.3 Å². The Bertz CT molecular complexity index is 113. The maximum absolute atomic E-state index is 3.42. The predicted octanol–water partition coefficient (Wildman–Crippen LogP) is 0.648. The fourth-order valence-electron chi connectivity index (χ4n) is 2.09. The average Bonchev–Trinajstić information content (AvgIpc) is 2.58. The highest BCUT2D eigenvalue weighted by molar-refractivity contribution is 4.85. The number of hydrogen-bond acceptors (Lipinski definition) is 2. The van der Waals surface area contributed by atoms with Crippen LogP contribution >= 0.6 is 0 Å². The Hall–Kier alpha value is -0.0800. The highest BCUT2D eigenvalue weighted by Crippen LogP contribution is 2.14. The zero-order chi connectivity index (χ0) is 7.52. The van der Waals surface area contributed by atoms with Crippen molar-refractivity contribution in [1.29, 1.82) is 0 Å². The fourth-order valence-corrected chi connectivity index (χ4v) is 2.09. The van der Waals surface area contributed by atoms with E-state index in [0.29, 0.717) is 0 Å². The van der Waals surface area contributed by atoms with Gasteiger partial charge in [0.25, 0.3) is 0 Å². The molecule has 2 rings (SSSR count). The molecule has 2 heteroatoms. The van der Waals surface area contributed by atoms with Crippen molar-refractivity contribution in [2.24, 2.45) is 0 Å². The summed E-state index contributed by atoms with van der Waals surface area (Å²) in [6, 6.07) is 0.851. The molecule has 0 spiro atoms. The Morgan fingerprint density at radius 2 is 2.09 bits per heavy atom. The van der Waals surface area contributed by atoms with Crippen LogP contribution in [0.5, 0.6) is 0 Å². The Balaban J connectivity index is 1.82. The van der Waals surface area contributed by atoms with Gasteiger partial charge in [0.05, 0.1) is 0 Å². The molecular formula is C9H17N2. The monoisotopic (exact) mass is 153 g/mol. The number of likely N-dealkylation sites (tertiary alicyclic amines) is 1. The topological polar surface area (TPSA) is 15.3 Å². The van der Waals surface area contributed by atoms with E-state index in [1.807, 2.05) is 0 Å². The van der Waals surface area contributed by atoms with Crippen LogP contribution in [0.4, 0.5) is 0 Å². The van der Waals surface area contributed by atoms with E-state index in [0.717, 1.165) is 6.04 Å². The van der Waals surface area contributed by atoms with Gasteiger partial charge in [0.15, 0.2) is 0 Å². The standard InChI is InChI=1S/C9H17N2/c1-2-6-11(7-3-1)9-4-5-10-8-9/h1,9-10H,2-8H2. The van der Waals surface area contributed by atoms with Crippen LogP contribution in [0, 0.1) is 6.42 Å². The molecule has 0 aromatic rings. The van der Waals surface area contributed by atoms with E-state index < -0.39 is 0 Å². The van der Waals surface area contributed by atoms with Gasteiger partial charge >= 0.3 is 0 Å². The van der Waals surface area contributed by atoms with Gasteiger partial charge in [0, 0.05) is 12.6 Å². The Kier molecular flexibility index (Phi) is 2.44. The molecule has 1 unspecified atom stereocenters. The molecule has 2 heterocycles. The zero-order valence-electron chi connectivity index (χ0n) is 7.05. The van der Waals surface area contributed by atoms with E-state index in [1.165, 1.54) is 45.4 Å². The van der Waals surface area contributed by atoms with Crippen LogP contribution < -0.4 is 5.32 Å². The van der Waals surface area contributed by atoms with Crippen LogP contribution in [-0.2, 0) is 0 Å². The maximum atomic E-state index is 3.42. The second kappa shape index (κ2) is 3.55. The summed E-state index contributed by atoms with van der Waals surface area (Å²) in [5.41, 5.74) is 0. The Morgan fingerprint density at radius 1 is 1.27 bits per heavy atom. The minimum Gasteiger partial charge on any atom is -0.315 e. The highest BCUT2D eigenvalue weighted by Gasteiger charge is 2.22. The third-order valence-electron chi connectivity index (χ3n) is 2.79. The third-order valence-corrected chi connectivity index (χ3v) is 2.79. The Morgan fingerprint density at radius 3 is 2.73 bits per heavy atom. The van der Waals surface area contributed by atoms with Gasteiger partial charge in [-0.25, -0.2) is 0 Å². The molecule has 2 aliphatic heterocycles. The minimum absolute atomic E-state index is 0.851. The van der Waals surface area contributed by atoms with Gasteiger partial charge < -0.3 is 5.32 Å². The summed E-state index contributed by atoms with van der Waals surface area (Å²) in [5.74, 6) is 0. The van der Waals surface area contributed by atoms with Crippen LogP contribution in [0.1, 0.15) is 19.3 Å². The SMILES string of the molecule is [CH]1CCN(C2CCNC2)CC1. The molecular weight excluding hydrogens is 136 g/mol. The first kappa shape index (κ1) is 7.56. The van der Waals surface area contributed by atoms with E-state index >= 15 is 0 Å². The lowest BCUT2D eigenvalue weighted by atomic mass is 10.1. The molecule has 1 radical (unpaired) electrons. The molecule has 2 fully saturated rings. The number of hydrogen-bond donors (Lipinski definition) is 1. The normalized spacial score (nSPS) is 34.4. The molecule has 11 heavy (non-hydrogen) atoms. The number of nitrogens with one attached hydrogen (secondary N) is 1. The van der Waals surface area contributed by atoms with Crippen molar-refractivity contribution in [3.8, 4) is 0 Å². The first-order valence-electron chi connectivity index (χ1n) is 4.73. The summed E-state index contributed by atoms with van der Waals surface area (Å²) in [4.78, 5) is 2.64. The van der Waals surface area contributed by atoms with Gasteiger partial charge in [0.2, 0.25) is 0 Å². The summed E-state index contributed by atoms with van der Waals surface area (Å²) in [6.07, 6.45) is 6.38. The maximum Gasteiger partial charge on any atom is 0.0232 e. The molecule has 0 saturated carbocycles. The second-order valence-corrected chi connectivity index (χ2v) is 3.55. The fraction of sp³-hybridized carbons (Fsp3) is 0.889. The molecule has 0 aromatic heterocycles. The van der Waals surface area contributed by atoms with Gasteiger partial charge in [-0.15, -0.1) is 0 Å². The van der Waals surface area contributed by atoms with E-state index in [2.05, 4.69) is 16.6 Å². The van der Waals surface area contributed by atoms with E-state index in [4.69, 9.17) is 0 Å². The van der Waals surface area contributed by atoms with Crippen LogP contribution in [0.2, 0.25) is 0 Å². The van der Waals surface area contributed by atoms with E-state index in [-0.39, 0.29) is 0 Å². The molecule has 1 atom stereocenters. The van der Waals surface area contributed by atoms with Gasteiger partial charge in [-0.3, -0.25) is 4.90 Å². The lowest BCUT2D eigenvalue weighted by molar-refractivity contribution is 0.193. The molecule has 2 aliphatic rings. The van der Waals surface area contributed by atoms with Crippen LogP contribution in [0.25, 0.3) is 0 Å². The van der Waals surface area contributed by atoms with Crippen molar-refractivity contribution in [2.45, 2.75) is 25.3 Å². The molecule has 0 aliphatic carbocycles. The zero-order valence-corrected chi connectivity index (χ0v) is 7.05. The van der Waals surface area contributed by atoms with Gasteiger partial charge in [-0.1, -0.05) is 0 Å². The van der Waals surface area contributed by atoms with E-state index in [1.54, 1.807) is 0 Å². The average molecular weight is 153 g/mol. The second-order valence-electron chi connectivity index (χ2n) is 3.55. The van der Waals surface area contributed by atoms with Gasteiger partial charge in [0.1, 0.15) is 0 Å². The van der Waals surface area contributed by atoms with Crippen molar-refractivity contribution >= 4 is 0 Å². The van der Waals surface area contributed by atoms with Crippen LogP contribution in [-0.4, -0.2) is 37.1 Å². The summed E-state index contributed by atoms with van der Waals surface area (Å²) < 4.78 is 0. The molecule has 2 nitrogen and oxygen atoms in total. The minimum atomic E-state index is 0.851. The van der Waals surface area contributed by atoms with Gasteiger partial charge in [-0.2, -0.15) is 0 Å². The molecule has 1 N–H and O–H groups in total. The summed E-state index contributed by atoms with van der Waals surface area (Å²) in [7, 11) is 0. The van der Waals surface area contributed by atoms with Crippen molar-refractivity contribution in [1.82, 2.24) is 10.2 Å². The summed E-state index contributed by atoms with van der Waals surface area (Å²) in [6.45, 7) is 5.05. The van der Waals surface area contributed by atoms with Crippen molar-refractivity contribution in [2.75, 3.05) is 26.2 Å².